The third-order valence-corrected chi connectivity index (χ3v) is 4.14. The summed E-state index contributed by atoms with van der Waals surface area (Å²) in [6.07, 6.45) is 0.111. The Kier molecular flexibility index (Phi) is 4.75. The molecule has 0 unspecified atom stereocenters. The molecule has 0 saturated heterocycles. The first-order chi connectivity index (χ1) is 12.3. The number of rotatable bonds is 4. The van der Waals surface area contributed by atoms with Gasteiger partial charge in [0.05, 0.1) is 6.42 Å². The maximum atomic E-state index is 12.5. The van der Waals surface area contributed by atoms with Gasteiger partial charge in [0, 0.05) is 23.7 Å². The summed E-state index contributed by atoms with van der Waals surface area (Å²) in [5, 5.41) is 10.5. The molecule has 2 aromatic carbocycles. The molecule has 6 heteroatoms. The van der Waals surface area contributed by atoms with Gasteiger partial charge < -0.3 is 15.2 Å². The fourth-order valence-electron chi connectivity index (χ4n) is 2.95. The van der Waals surface area contributed by atoms with E-state index in [9.17, 15) is 9.59 Å². The maximum absolute atomic E-state index is 12.5. The Morgan fingerprint density at radius 1 is 1.04 bits per heavy atom. The van der Waals surface area contributed by atoms with Gasteiger partial charge in [-0.05, 0) is 55.7 Å². The van der Waals surface area contributed by atoms with Crippen molar-refractivity contribution in [2.24, 2.45) is 0 Å². The summed E-state index contributed by atoms with van der Waals surface area (Å²) in [7, 11) is 0. The quantitative estimate of drug-likeness (QED) is 0.747. The Labute approximate surface area is 151 Å². The normalized spacial score (nSPS) is 10.8. The van der Waals surface area contributed by atoms with Gasteiger partial charge in [-0.15, -0.1) is 0 Å². The van der Waals surface area contributed by atoms with E-state index in [1.54, 1.807) is 12.1 Å². The Bertz CT molecular complexity index is 1000. The number of aromatic nitrogens is 1. The first-order valence-corrected chi connectivity index (χ1v) is 8.37. The van der Waals surface area contributed by atoms with Crippen LogP contribution in [0.3, 0.4) is 0 Å². The number of aryl methyl sites for hydroxylation is 3. The van der Waals surface area contributed by atoms with Crippen LogP contribution < -0.4 is 10.6 Å². The first-order valence-electron chi connectivity index (χ1n) is 8.37. The van der Waals surface area contributed by atoms with Crippen LogP contribution in [-0.4, -0.2) is 17.0 Å². The first kappa shape index (κ1) is 17.7. The molecule has 0 radical (unpaired) electrons. The van der Waals surface area contributed by atoms with Crippen molar-refractivity contribution in [3.8, 4) is 0 Å². The van der Waals surface area contributed by atoms with Crippen molar-refractivity contribution in [3.63, 3.8) is 0 Å². The van der Waals surface area contributed by atoms with E-state index in [2.05, 4.69) is 15.8 Å². The van der Waals surface area contributed by atoms with Gasteiger partial charge in [-0.25, -0.2) is 0 Å². The molecule has 0 atom stereocenters. The molecule has 134 valence electrons. The van der Waals surface area contributed by atoms with Crippen molar-refractivity contribution in [1.82, 2.24) is 5.16 Å². The van der Waals surface area contributed by atoms with E-state index in [1.165, 1.54) is 6.92 Å². The third-order valence-electron chi connectivity index (χ3n) is 4.14. The molecule has 0 aliphatic heterocycles. The average molecular weight is 351 g/mol. The van der Waals surface area contributed by atoms with Crippen LogP contribution in [-0.2, 0) is 16.0 Å². The minimum atomic E-state index is -0.192. The lowest BCUT2D eigenvalue weighted by Crippen LogP contribution is -2.16. The van der Waals surface area contributed by atoms with Crippen molar-refractivity contribution >= 4 is 34.2 Å². The maximum Gasteiger partial charge on any atom is 0.230 e. The number of hydrogen-bond donors (Lipinski definition) is 2. The zero-order chi connectivity index (χ0) is 18.8. The second-order valence-corrected chi connectivity index (χ2v) is 6.52. The fraction of sp³-hybridized carbons (Fsp3) is 0.250. The molecule has 3 aromatic rings. The molecule has 0 saturated carbocycles. The van der Waals surface area contributed by atoms with Crippen LogP contribution in [0.15, 0.2) is 34.9 Å². The molecule has 0 aliphatic rings. The molecule has 6 nitrogen and oxygen atoms in total. The third kappa shape index (κ3) is 3.74. The molecular weight excluding hydrogens is 330 g/mol. The van der Waals surface area contributed by atoms with Gasteiger partial charge in [0.15, 0.2) is 5.58 Å². The Hall–Kier alpha value is -3.15. The van der Waals surface area contributed by atoms with E-state index >= 15 is 0 Å². The zero-order valence-electron chi connectivity index (χ0n) is 15.3. The highest BCUT2D eigenvalue weighted by Crippen LogP contribution is 2.25. The van der Waals surface area contributed by atoms with Gasteiger partial charge in [0.25, 0.3) is 0 Å². The van der Waals surface area contributed by atoms with Gasteiger partial charge >= 0.3 is 0 Å². The molecule has 0 fully saturated rings. The lowest BCUT2D eigenvalue weighted by atomic mass is 10.1. The summed E-state index contributed by atoms with van der Waals surface area (Å²) < 4.78 is 5.40. The minimum absolute atomic E-state index is 0.111. The highest BCUT2D eigenvalue weighted by Gasteiger charge is 2.15. The number of fused-ring (bicyclic) bond motifs is 1. The number of nitrogens with zero attached hydrogens (tertiary/aromatic N) is 1. The van der Waals surface area contributed by atoms with Crippen molar-refractivity contribution < 1.29 is 14.1 Å². The molecule has 2 N–H and O–H groups in total. The van der Waals surface area contributed by atoms with Gasteiger partial charge in [0.2, 0.25) is 11.8 Å². The SMILES string of the molecule is CC(=O)Nc1ccc(C)c(NC(=O)Cc2noc3c(C)cc(C)cc23)c1. The van der Waals surface area contributed by atoms with E-state index in [0.717, 1.165) is 22.1 Å². The van der Waals surface area contributed by atoms with Crippen molar-refractivity contribution in [3.05, 3.63) is 52.7 Å². The minimum Gasteiger partial charge on any atom is -0.356 e. The Morgan fingerprint density at radius 3 is 2.54 bits per heavy atom. The van der Waals surface area contributed by atoms with Crippen LogP contribution in [0, 0.1) is 20.8 Å². The van der Waals surface area contributed by atoms with Crippen molar-refractivity contribution in [2.45, 2.75) is 34.1 Å². The lowest BCUT2D eigenvalue weighted by Gasteiger charge is -2.10. The fourth-order valence-corrected chi connectivity index (χ4v) is 2.95. The molecule has 0 aliphatic carbocycles. The van der Waals surface area contributed by atoms with E-state index < -0.39 is 0 Å². The molecule has 1 heterocycles. The Balaban J connectivity index is 1.80. The van der Waals surface area contributed by atoms with Crippen LogP contribution in [0.2, 0.25) is 0 Å². The average Bonchev–Trinajstić information content (AvgIpc) is 2.93. The van der Waals surface area contributed by atoms with E-state index in [-0.39, 0.29) is 18.2 Å². The van der Waals surface area contributed by atoms with Gasteiger partial charge in [0.1, 0.15) is 5.69 Å². The summed E-state index contributed by atoms with van der Waals surface area (Å²) in [6, 6.07) is 9.38. The Morgan fingerprint density at radius 2 is 1.81 bits per heavy atom. The largest absolute Gasteiger partial charge is 0.356 e. The summed E-state index contributed by atoms with van der Waals surface area (Å²) in [6.45, 7) is 7.30. The number of carbonyl (C=O) groups is 2. The van der Waals surface area contributed by atoms with Crippen molar-refractivity contribution in [1.29, 1.82) is 0 Å². The van der Waals surface area contributed by atoms with Crippen LogP contribution in [0.5, 0.6) is 0 Å². The second-order valence-electron chi connectivity index (χ2n) is 6.52. The highest BCUT2D eigenvalue weighted by molar-refractivity contribution is 5.97. The monoisotopic (exact) mass is 351 g/mol. The number of nitrogens with one attached hydrogen (secondary N) is 2. The number of anilines is 2. The van der Waals surface area contributed by atoms with E-state index in [0.29, 0.717) is 22.7 Å². The predicted octanol–water partition coefficient (Wildman–Crippen LogP) is 3.89. The number of amides is 2. The lowest BCUT2D eigenvalue weighted by molar-refractivity contribution is -0.116. The van der Waals surface area contributed by atoms with Gasteiger partial charge in [-0.2, -0.15) is 0 Å². The standard InChI is InChI=1S/C20H21N3O3/c1-11-7-13(3)20-16(8-11)18(23-26-20)10-19(25)22-17-9-15(21-14(4)24)6-5-12(17)2/h5-9H,10H2,1-4H3,(H,21,24)(H,22,25). The molecular formula is C20H21N3O3. The summed E-state index contributed by atoms with van der Waals surface area (Å²) in [4.78, 5) is 23.7. The summed E-state index contributed by atoms with van der Waals surface area (Å²) in [5.41, 5.74) is 5.61. The van der Waals surface area contributed by atoms with Gasteiger partial charge in [-0.1, -0.05) is 17.3 Å². The van der Waals surface area contributed by atoms with E-state index in [4.69, 9.17) is 4.52 Å². The number of carbonyl (C=O) groups excluding carboxylic acids is 2. The van der Waals surface area contributed by atoms with E-state index in [1.807, 2.05) is 39.0 Å². The molecule has 0 spiro atoms. The summed E-state index contributed by atoms with van der Waals surface area (Å²) >= 11 is 0. The van der Waals surface area contributed by atoms with Crippen LogP contribution in [0.1, 0.15) is 29.3 Å². The summed E-state index contributed by atoms with van der Waals surface area (Å²) in [5.74, 6) is -0.353. The van der Waals surface area contributed by atoms with Crippen LogP contribution >= 0.6 is 0 Å². The molecule has 0 bridgehead atoms. The van der Waals surface area contributed by atoms with Crippen LogP contribution in [0.4, 0.5) is 11.4 Å². The smallest absolute Gasteiger partial charge is 0.230 e. The van der Waals surface area contributed by atoms with Gasteiger partial charge in [-0.3, -0.25) is 9.59 Å². The zero-order valence-corrected chi connectivity index (χ0v) is 15.3. The number of benzene rings is 2. The molecule has 3 rings (SSSR count). The topological polar surface area (TPSA) is 84.2 Å². The molecule has 2 amide bonds. The molecule has 26 heavy (non-hydrogen) atoms. The van der Waals surface area contributed by atoms with Crippen molar-refractivity contribution in [2.75, 3.05) is 10.6 Å². The highest BCUT2D eigenvalue weighted by atomic mass is 16.5. The predicted molar refractivity (Wildman–Crippen MR) is 101 cm³/mol. The van der Waals surface area contributed by atoms with Crippen LogP contribution in [0.25, 0.3) is 11.0 Å². The molecule has 1 aromatic heterocycles. The number of hydrogen-bond acceptors (Lipinski definition) is 4. The second kappa shape index (κ2) is 7.00.